The SMILES string of the molecule is CN1CCNC(CCCNc2ccc(N)cc2)C1.Cc1ccc(O)cc1S(=O)(=O)O. The summed E-state index contributed by atoms with van der Waals surface area (Å²) in [6, 6.07) is 12.3. The number of piperazine rings is 1. The van der Waals surface area contributed by atoms with Crippen LogP contribution in [0.4, 0.5) is 11.4 Å². The Balaban J connectivity index is 0.000000232. The number of phenols is 1. The Hall–Kier alpha value is -2.33. The maximum atomic E-state index is 10.7. The van der Waals surface area contributed by atoms with Gasteiger partial charge in [-0.3, -0.25) is 4.55 Å². The van der Waals surface area contributed by atoms with Crippen molar-refractivity contribution in [2.75, 3.05) is 44.3 Å². The third-order valence-corrected chi connectivity index (χ3v) is 5.87. The van der Waals surface area contributed by atoms with E-state index in [9.17, 15) is 8.42 Å². The van der Waals surface area contributed by atoms with E-state index >= 15 is 0 Å². The highest BCUT2D eigenvalue weighted by Gasteiger charge is 2.15. The molecule has 8 nitrogen and oxygen atoms in total. The quantitative estimate of drug-likeness (QED) is 0.265. The Morgan fingerprint density at radius 2 is 1.93 bits per heavy atom. The molecule has 30 heavy (non-hydrogen) atoms. The Labute approximate surface area is 178 Å². The van der Waals surface area contributed by atoms with Crippen LogP contribution in [0.2, 0.25) is 0 Å². The van der Waals surface area contributed by atoms with E-state index in [2.05, 4.69) is 22.6 Å². The van der Waals surface area contributed by atoms with Gasteiger partial charge in [0.1, 0.15) is 10.6 Å². The molecule has 1 heterocycles. The average molecular weight is 437 g/mol. The summed E-state index contributed by atoms with van der Waals surface area (Å²) in [5.41, 5.74) is 8.02. The number of phenolic OH excluding ortho intramolecular Hbond substituents is 1. The fourth-order valence-corrected chi connectivity index (χ4v) is 3.98. The monoisotopic (exact) mass is 436 g/mol. The van der Waals surface area contributed by atoms with Crippen LogP contribution in [0.15, 0.2) is 47.4 Å². The zero-order valence-corrected chi connectivity index (χ0v) is 18.3. The van der Waals surface area contributed by atoms with Crippen LogP contribution < -0.4 is 16.4 Å². The number of nitrogen functional groups attached to an aromatic ring is 1. The number of nitrogens with zero attached hydrogens (tertiary/aromatic N) is 1. The zero-order valence-electron chi connectivity index (χ0n) is 17.5. The van der Waals surface area contributed by atoms with Gasteiger partial charge in [-0.1, -0.05) is 6.07 Å². The van der Waals surface area contributed by atoms with Crippen molar-refractivity contribution in [3.63, 3.8) is 0 Å². The van der Waals surface area contributed by atoms with Gasteiger partial charge < -0.3 is 26.4 Å². The van der Waals surface area contributed by atoms with E-state index < -0.39 is 10.1 Å². The van der Waals surface area contributed by atoms with Crippen LogP contribution >= 0.6 is 0 Å². The molecule has 2 aromatic carbocycles. The summed E-state index contributed by atoms with van der Waals surface area (Å²) in [4.78, 5) is 2.14. The van der Waals surface area contributed by atoms with Gasteiger partial charge in [0.2, 0.25) is 0 Å². The van der Waals surface area contributed by atoms with Crippen molar-refractivity contribution >= 4 is 21.5 Å². The molecule has 6 N–H and O–H groups in total. The van der Waals surface area contributed by atoms with Gasteiger partial charge in [-0.25, -0.2) is 0 Å². The van der Waals surface area contributed by atoms with Crippen molar-refractivity contribution < 1.29 is 18.1 Å². The molecule has 0 aromatic heterocycles. The molecule has 9 heteroatoms. The summed E-state index contributed by atoms with van der Waals surface area (Å²) < 4.78 is 30.0. The molecule has 0 spiro atoms. The van der Waals surface area contributed by atoms with Crippen LogP contribution in [-0.2, 0) is 10.1 Å². The lowest BCUT2D eigenvalue weighted by molar-refractivity contribution is 0.231. The lowest BCUT2D eigenvalue weighted by atomic mass is 10.1. The number of hydrogen-bond acceptors (Lipinski definition) is 7. The summed E-state index contributed by atoms with van der Waals surface area (Å²) >= 11 is 0. The molecule has 0 radical (unpaired) electrons. The molecule has 1 saturated heterocycles. The molecule has 0 amide bonds. The highest BCUT2D eigenvalue weighted by Crippen LogP contribution is 2.19. The normalized spacial score (nSPS) is 17.1. The third kappa shape index (κ3) is 8.19. The Kier molecular flexibility index (Phi) is 8.91. The minimum Gasteiger partial charge on any atom is -0.508 e. The van der Waals surface area contributed by atoms with Gasteiger partial charge in [0.25, 0.3) is 10.1 Å². The predicted molar refractivity (Wildman–Crippen MR) is 121 cm³/mol. The first-order chi connectivity index (χ1) is 14.1. The second-order valence-corrected chi connectivity index (χ2v) is 8.92. The lowest BCUT2D eigenvalue weighted by Crippen LogP contribution is -2.49. The van der Waals surface area contributed by atoms with Gasteiger partial charge in [0, 0.05) is 49.7 Å². The van der Waals surface area contributed by atoms with Crippen molar-refractivity contribution in [3.8, 4) is 5.75 Å². The molecule has 3 rings (SSSR count). The van der Waals surface area contributed by atoms with Gasteiger partial charge in [-0.15, -0.1) is 0 Å². The van der Waals surface area contributed by atoms with E-state index in [1.54, 1.807) is 0 Å². The van der Waals surface area contributed by atoms with Gasteiger partial charge in [0.15, 0.2) is 0 Å². The van der Waals surface area contributed by atoms with E-state index in [0.29, 0.717) is 11.6 Å². The van der Waals surface area contributed by atoms with E-state index in [1.807, 2.05) is 24.3 Å². The first-order valence-electron chi connectivity index (χ1n) is 9.93. The summed E-state index contributed by atoms with van der Waals surface area (Å²) in [6.07, 6.45) is 2.42. The maximum Gasteiger partial charge on any atom is 0.294 e. The number of aryl methyl sites for hydroxylation is 1. The number of nitrogens with one attached hydrogen (secondary N) is 2. The molecule has 0 saturated carbocycles. The third-order valence-electron chi connectivity index (χ3n) is 4.88. The van der Waals surface area contributed by atoms with Crippen molar-refractivity contribution in [1.82, 2.24) is 10.2 Å². The van der Waals surface area contributed by atoms with Crippen LogP contribution in [-0.4, -0.2) is 62.2 Å². The van der Waals surface area contributed by atoms with Crippen molar-refractivity contribution in [1.29, 1.82) is 0 Å². The largest absolute Gasteiger partial charge is 0.508 e. The van der Waals surface area contributed by atoms with Crippen LogP contribution in [0.1, 0.15) is 18.4 Å². The Morgan fingerprint density at radius 1 is 1.23 bits per heavy atom. The van der Waals surface area contributed by atoms with Crippen LogP contribution in [0, 0.1) is 6.92 Å². The highest BCUT2D eigenvalue weighted by molar-refractivity contribution is 7.85. The average Bonchev–Trinajstić information content (AvgIpc) is 2.68. The van der Waals surface area contributed by atoms with Crippen LogP contribution in [0.5, 0.6) is 5.75 Å². The van der Waals surface area contributed by atoms with Crippen molar-refractivity contribution in [2.45, 2.75) is 30.7 Å². The number of benzene rings is 2. The number of nitrogens with two attached hydrogens (primary N) is 1. The van der Waals surface area contributed by atoms with Gasteiger partial charge in [-0.05, 0) is 62.7 Å². The molecule has 0 bridgehead atoms. The van der Waals surface area contributed by atoms with Gasteiger partial charge >= 0.3 is 0 Å². The van der Waals surface area contributed by atoms with E-state index in [1.165, 1.54) is 45.0 Å². The Bertz CT molecular complexity index is 904. The van der Waals surface area contributed by atoms with Crippen LogP contribution in [0.3, 0.4) is 0 Å². The van der Waals surface area contributed by atoms with E-state index in [4.69, 9.17) is 15.4 Å². The number of rotatable bonds is 6. The fourth-order valence-electron chi connectivity index (χ4n) is 3.23. The molecule has 1 fully saturated rings. The number of hydrogen-bond donors (Lipinski definition) is 5. The standard InChI is InChI=1S/C14H24N4.C7H8O4S/c1-18-10-9-17-14(11-18)3-2-8-16-13-6-4-12(15)5-7-13;1-5-2-3-6(8)4-7(5)12(9,10)11/h4-7,14,16-17H,2-3,8-11,15H2,1H3;2-4,8H,1H3,(H,9,10,11). The molecule has 166 valence electrons. The number of likely N-dealkylation sites (N-methyl/N-ethyl adjacent to an activating group) is 1. The molecule has 1 unspecified atom stereocenters. The first kappa shape index (κ1) is 23.9. The first-order valence-corrected chi connectivity index (χ1v) is 11.4. The number of aromatic hydroxyl groups is 1. The Morgan fingerprint density at radius 3 is 2.53 bits per heavy atom. The highest BCUT2D eigenvalue weighted by atomic mass is 32.2. The molecule has 1 aliphatic rings. The smallest absolute Gasteiger partial charge is 0.294 e. The lowest BCUT2D eigenvalue weighted by Gasteiger charge is -2.30. The predicted octanol–water partition coefficient (Wildman–Crippen LogP) is 2.31. The molecule has 0 aliphatic carbocycles. The second kappa shape index (κ2) is 11.2. The topological polar surface area (TPSA) is 128 Å². The van der Waals surface area contributed by atoms with Crippen LogP contribution in [0.25, 0.3) is 0 Å². The fraction of sp³-hybridized carbons (Fsp3) is 0.429. The van der Waals surface area contributed by atoms with Gasteiger partial charge in [0.05, 0.1) is 0 Å². The number of anilines is 2. The zero-order chi connectivity index (χ0) is 22.1. The maximum absolute atomic E-state index is 10.7. The molecular weight excluding hydrogens is 404 g/mol. The molecule has 1 atom stereocenters. The minimum absolute atomic E-state index is 0.187. The minimum atomic E-state index is -4.22. The molecule has 1 aliphatic heterocycles. The summed E-state index contributed by atoms with van der Waals surface area (Å²) in [5, 5.41) is 15.9. The van der Waals surface area contributed by atoms with Crippen molar-refractivity contribution in [2.24, 2.45) is 0 Å². The molecule has 2 aromatic rings. The summed E-state index contributed by atoms with van der Waals surface area (Å²) in [6.45, 7) is 6.00. The van der Waals surface area contributed by atoms with E-state index in [0.717, 1.165) is 30.5 Å². The van der Waals surface area contributed by atoms with E-state index in [-0.39, 0.29) is 10.6 Å². The summed E-state index contributed by atoms with van der Waals surface area (Å²) in [7, 11) is -2.02. The van der Waals surface area contributed by atoms with Crippen molar-refractivity contribution in [3.05, 3.63) is 48.0 Å². The second-order valence-electron chi connectivity index (χ2n) is 7.53. The summed E-state index contributed by atoms with van der Waals surface area (Å²) in [5.74, 6) is -0.187. The van der Waals surface area contributed by atoms with Gasteiger partial charge in [-0.2, -0.15) is 8.42 Å². The molecular formula is C21H32N4O4S.